The van der Waals surface area contributed by atoms with Gasteiger partial charge in [-0.1, -0.05) is 6.07 Å². The van der Waals surface area contributed by atoms with E-state index in [-0.39, 0.29) is 6.04 Å². The summed E-state index contributed by atoms with van der Waals surface area (Å²) >= 11 is 5.19. The number of nitrogens with two attached hydrogens (primary N) is 1. The first-order chi connectivity index (χ1) is 8.20. The molecule has 2 aromatic rings. The molecule has 0 saturated carbocycles. The van der Waals surface area contributed by atoms with Gasteiger partial charge >= 0.3 is 0 Å². The Balaban J connectivity index is 2.20. The van der Waals surface area contributed by atoms with Crippen LogP contribution in [0, 0.1) is 6.92 Å². The van der Waals surface area contributed by atoms with Gasteiger partial charge in [0.25, 0.3) is 0 Å². The molecule has 0 radical (unpaired) electrons. The number of hydrogen-bond donors (Lipinski definition) is 2. The van der Waals surface area contributed by atoms with Crippen LogP contribution < -0.4 is 11.3 Å². The van der Waals surface area contributed by atoms with Crippen molar-refractivity contribution in [1.29, 1.82) is 0 Å². The smallest absolute Gasteiger partial charge is 0.0701 e. The van der Waals surface area contributed by atoms with E-state index in [1.807, 2.05) is 6.07 Å². The molecule has 2 rings (SSSR count). The molecule has 90 valence electrons. The van der Waals surface area contributed by atoms with Gasteiger partial charge in [0.15, 0.2) is 0 Å². The summed E-state index contributed by atoms with van der Waals surface area (Å²) in [5.41, 5.74) is 5.02. The number of hydrogen-bond acceptors (Lipinski definition) is 4. The van der Waals surface area contributed by atoms with Gasteiger partial charge in [-0.05, 0) is 46.6 Å². The van der Waals surface area contributed by atoms with Crippen LogP contribution in [0.1, 0.15) is 22.2 Å². The second-order valence-electron chi connectivity index (χ2n) is 3.83. The maximum Gasteiger partial charge on any atom is 0.0701 e. The number of halogens is 1. The highest BCUT2D eigenvalue weighted by atomic mass is 79.9. The number of pyridine rings is 1. The van der Waals surface area contributed by atoms with Gasteiger partial charge in [-0.15, -0.1) is 11.3 Å². The van der Waals surface area contributed by atoms with Crippen molar-refractivity contribution in [2.75, 3.05) is 0 Å². The van der Waals surface area contributed by atoms with Crippen LogP contribution in [0.5, 0.6) is 0 Å². The fourth-order valence-electron chi connectivity index (χ4n) is 1.76. The molecule has 1 unspecified atom stereocenters. The van der Waals surface area contributed by atoms with Crippen molar-refractivity contribution in [2.24, 2.45) is 5.84 Å². The van der Waals surface area contributed by atoms with E-state index < -0.39 is 0 Å². The summed E-state index contributed by atoms with van der Waals surface area (Å²) in [5, 5.41) is 0. The molecule has 0 saturated heterocycles. The molecule has 0 aliphatic rings. The third-order valence-corrected chi connectivity index (χ3v) is 4.26. The van der Waals surface area contributed by atoms with Crippen molar-refractivity contribution >= 4 is 27.3 Å². The maximum absolute atomic E-state index is 5.63. The SMILES string of the molecule is Cc1cccnc1C(Cc1ccc(Br)s1)NN. The van der Waals surface area contributed by atoms with Crippen LogP contribution in [0.3, 0.4) is 0 Å². The molecule has 2 heterocycles. The molecule has 1 atom stereocenters. The Morgan fingerprint density at radius 1 is 1.47 bits per heavy atom. The Hall–Kier alpha value is -0.750. The van der Waals surface area contributed by atoms with Crippen LogP contribution in [0.4, 0.5) is 0 Å². The van der Waals surface area contributed by atoms with Crippen molar-refractivity contribution < 1.29 is 0 Å². The molecule has 0 aromatic carbocycles. The zero-order chi connectivity index (χ0) is 12.3. The monoisotopic (exact) mass is 311 g/mol. The minimum Gasteiger partial charge on any atom is -0.271 e. The lowest BCUT2D eigenvalue weighted by Gasteiger charge is -2.16. The summed E-state index contributed by atoms with van der Waals surface area (Å²) in [6.07, 6.45) is 2.65. The summed E-state index contributed by atoms with van der Waals surface area (Å²) in [7, 11) is 0. The molecule has 3 N–H and O–H groups in total. The Morgan fingerprint density at radius 3 is 2.88 bits per heavy atom. The van der Waals surface area contributed by atoms with E-state index >= 15 is 0 Å². The van der Waals surface area contributed by atoms with E-state index in [1.54, 1.807) is 17.5 Å². The molecule has 5 heteroatoms. The van der Waals surface area contributed by atoms with Crippen molar-refractivity contribution in [3.63, 3.8) is 0 Å². The van der Waals surface area contributed by atoms with Gasteiger partial charge in [0.2, 0.25) is 0 Å². The molecule has 0 fully saturated rings. The number of rotatable bonds is 4. The van der Waals surface area contributed by atoms with Crippen LogP contribution in [0.25, 0.3) is 0 Å². The second-order valence-corrected chi connectivity index (χ2v) is 6.38. The second kappa shape index (κ2) is 5.73. The molecule has 17 heavy (non-hydrogen) atoms. The van der Waals surface area contributed by atoms with Crippen LogP contribution >= 0.6 is 27.3 Å². The van der Waals surface area contributed by atoms with Crippen molar-refractivity contribution in [3.8, 4) is 0 Å². The zero-order valence-corrected chi connectivity index (χ0v) is 11.9. The van der Waals surface area contributed by atoms with Gasteiger partial charge in [0.1, 0.15) is 0 Å². The fourth-order valence-corrected chi connectivity index (χ4v) is 3.29. The summed E-state index contributed by atoms with van der Waals surface area (Å²) in [5.74, 6) is 5.63. The number of aryl methyl sites for hydroxylation is 1. The van der Waals surface area contributed by atoms with Gasteiger partial charge in [0, 0.05) is 17.5 Å². The third-order valence-electron chi connectivity index (χ3n) is 2.62. The first-order valence-corrected chi connectivity index (χ1v) is 6.93. The fraction of sp³-hybridized carbons (Fsp3) is 0.250. The predicted octanol–water partition coefficient (Wildman–Crippen LogP) is 2.96. The number of nitrogens with zero attached hydrogens (tertiary/aromatic N) is 1. The number of nitrogens with one attached hydrogen (secondary N) is 1. The minimum atomic E-state index is 0.0572. The normalized spacial score (nSPS) is 12.6. The summed E-state index contributed by atoms with van der Waals surface area (Å²) in [6, 6.07) is 8.21. The van der Waals surface area contributed by atoms with Crippen LogP contribution in [0.15, 0.2) is 34.2 Å². The molecular formula is C12H14BrN3S. The molecule has 0 aliphatic carbocycles. The quantitative estimate of drug-likeness (QED) is 0.674. The first kappa shape index (κ1) is 12.7. The molecule has 0 amide bonds. The summed E-state index contributed by atoms with van der Waals surface area (Å²) in [4.78, 5) is 5.69. The highest BCUT2D eigenvalue weighted by molar-refractivity contribution is 9.11. The maximum atomic E-state index is 5.63. The topological polar surface area (TPSA) is 50.9 Å². The minimum absolute atomic E-state index is 0.0572. The zero-order valence-electron chi connectivity index (χ0n) is 9.48. The Labute approximate surface area is 113 Å². The average molecular weight is 312 g/mol. The number of aromatic nitrogens is 1. The molecule has 3 nitrogen and oxygen atoms in total. The van der Waals surface area contributed by atoms with Gasteiger partial charge in [-0.25, -0.2) is 0 Å². The molecular weight excluding hydrogens is 298 g/mol. The van der Waals surface area contributed by atoms with E-state index in [1.165, 1.54) is 4.88 Å². The van der Waals surface area contributed by atoms with Crippen LogP contribution in [-0.2, 0) is 6.42 Å². The van der Waals surface area contributed by atoms with Crippen LogP contribution in [-0.4, -0.2) is 4.98 Å². The van der Waals surface area contributed by atoms with E-state index in [4.69, 9.17) is 5.84 Å². The molecule has 2 aromatic heterocycles. The van der Waals surface area contributed by atoms with Crippen molar-refractivity contribution in [3.05, 3.63) is 50.4 Å². The predicted molar refractivity (Wildman–Crippen MR) is 74.8 cm³/mol. The van der Waals surface area contributed by atoms with Gasteiger partial charge < -0.3 is 0 Å². The third kappa shape index (κ3) is 3.13. The first-order valence-electron chi connectivity index (χ1n) is 5.32. The number of hydrazine groups is 1. The summed E-state index contributed by atoms with van der Waals surface area (Å²) < 4.78 is 1.14. The standard InChI is InChI=1S/C12H14BrN3S/c1-8-3-2-6-15-12(8)10(16-14)7-9-4-5-11(13)17-9/h2-6,10,16H,7,14H2,1H3. The van der Waals surface area contributed by atoms with Crippen LogP contribution in [0.2, 0.25) is 0 Å². The van der Waals surface area contributed by atoms with Gasteiger partial charge in [0.05, 0.1) is 15.5 Å². The molecule has 0 bridgehead atoms. The lowest BCUT2D eigenvalue weighted by Crippen LogP contribution is -2.30. The van der Waals surface area contributed by atoms with Gasteiger partial charge in [-0.3, -0.25) is 16.3 Å². The van der Waals surface area contributed by atoms with E-state index in [2.05, 4.69) is 51.5 Å². The lowest BCUT2D eigenvalue weighted by atomic mass is 10.1. The van der Waals surface area contributed by atoms with Crippen molar-refractivity contribution in [1.82, 2.24) is 10.4 Å². The highest BCUT2D eigenvalue weighted by Crippen LogP contribution is 2.26. The van der Waals surface area contributed by atoms with E-state index in [0.29, 0.717) is 0 Å². The van der Waals surface area contributed by atoms with E-state index in [9.17, 15) is 0 Å². The Bertz CT molecular complexity index is 498. The Morgan fingerprint density at radius 2 is 2.29 bits per heavy atom. The largest absolute Gasteiger partial charge is 0.271 e. The van der Waals surface area contributed by atoms with E-state index in [0.717, 1.165) is 21.5 Å². The van der Waals surface area contributed by atoms with Crippen molar-refractivity contribution in [2.45, 2.75) is 19.4 Å². The number of thiophene rings is 1. The molecule has 0 spiro atoms. The van der Waals surface area contributed by atoms with Gasteiger partial charge in [-0.2, -0.15) is 0 Å². The lowest BCUT2D eigenvalue weighted by molar-refractivity contribution is 0.539. The molecule has 0 aliphatic heterocycles. The highest BCUT2D eigenvalue weighted by Gasteiger charge is 2.15. The average Bonchev–Trinajstić information content (AvgIpc) is 2.73. The Kier molecular flexibility index (Phi) is 4.28. The summed E-state index contributed by atoms with van der Waals surface area (Å²) in [6.45, 7) is 2.05.